The van der Waals surface area contributed by atoms with Gasteiger partial charge in [-0.3, -0.25) is 0 Å². The van der Waals surface area contributed by atoms with Gasteiger partial charge in [-0.15, -0.1) is 13.2 Å². The number of hydrogen-bond donors (Lipinski definition) is 1. The average Bonchev–Trinajstić information content (AvgIpc) is 4.01. The van der Waals surface area contributed by atoms with Gasteiger partial charge in [0, 0.05) is 11.3 Å². The molecule has 0 heterocycles. The highest BCUT2D eigenvalue weighted by atomic mass is 16.5. The number of allylic oxidation sites excluding steroid dienone is 3. The standard InChI is InChI=1S/C35H40O3.C35H38O2.CH4/c1-3-20-35(36)24-34(2)31(18-19-32(34)38-23-26-12-8-5-9-13-26)30-16-14-27-21-28(15-17-29(27)33(30)35)37-22-25-10-6-4-7-11-25;1-3-10-28-22-35(2)32(19-20-33(35)37-24-26-13-8-5-9-14-26)31-17-15-27-21-29(16-18-30(27)34(28)31)36-23-25-11-6-4-7-12-25;/h3-13,15,17,21,30-33,36H,1,14,16,18-20,22-24H2,2H3;3-9,11-14,16,18,21,31-33H,1,10,15,17,19-20,22-24H2,2H3;1H4/t30?,31?,32-,33?,34-,35-;31?,32?,33-,35-;/m00./s1. The third-order valence-electron chi connectivity index (χ3n) is 18.9. The molecule has 76 heavy (non-hydrogen) atoms. The van der Waals surface area contributed by atoms with Crippen molar-refractivity contribution in [2.24, 2.45) is 34.5 Å². The number of rotatable bonds is 16. The molecule has 0 aliphatic heterocycles. The van der Waals surface area contributed by atoms with Gasteiger partial charge in [0.25, 0.3) is 0 Å². The third-order valence-corrected chi connectivity index (χ3v) is 18.9. The Bertz CT molecular complexity index is 2930. The van der Waals surface area contributed by atoms with Crippen LogP contribution in [0.3, 0.4) is 0 Å². The Morgan fingerprint density at radius 1 is 0.553 bits per heavy atom. The number of ether oxygens (including phenoxy) is 4. The second kappa shape index (κ2) is 23.3. The first-order valence-electron chi connectivity index (χ1n) is 28.2. The van der Waals surface area contributed by atoms with E-state index in [2.05, 4.69) is 160 Å². The third kappa shape index (κ3) is 10.8. The summed E-state index contributed by atoms with van der Waals surface area (Å²) in [5.74, 6) is 4.31. The molecule has 0 amide bonds. The number of benzene rings is 6. The Kier molecular flexibility index (Phi) is 16.4. The van der Waals surface area contributed by atoms with E-state index < -0.39 is 5.60 Å². The summed E-state index contributed by atoms with van der Waals surface area (Å²) in [5, 5.41) is 12.4. The first-order valence-corrected chi connectivity index (χ1v) is 28.2. The maximum absolute atomic E-state index is 12.4. The van der Waals surface area contributed by atoms with Crippen molar-refractivity contribution in [3.63, 3.8) is 0 Å². The lowest BCUT2D eigenvalue weighted by Gasteiger charge is -2.58. The van der Waals surface area contributed by atoms with Crippen LogP contribution < -0.4 is 9.47 Å². The first-order chi connectivity index (χ1) is 36.7. The topological polar surface area (TPSA) is 57.2 Å². The Balaban J connectivity index is 0.000000171. The predicted octanol–water partition coefficient (Wildman–Crippen LogP) is 16.8. The highest BCUT2D eigenvalue weighted by Crippen LogP contribution is 2.66. The van der Waals surface area contributed by atoms with E-state index in [0.717, 1.165) is 62.9 Å². The van der Waals surface area contributed by atoms with Crippen LogP contribution in [-0.4, -0.2) is 22.9 Å². The highest BCUT2D eigenvalue weighted by Gasteiger charge is 2.63. The van der Waals surface area contributed by atoms with Crippen LogP contribution in [0.15, 0.2) is 189 Å². The molecule has 6 aromatic carbocycles. The van der Waals surface area contributed by atoms with Crippen LogP contribution in [0.4, 0.5) is 0 Å². The lowest BCUT2D eigenvalue weighted by molar-refractivity contribution is -0.151. The number of aliphatic hydroxyl groups is 1. The van der Waals surface area contributed by atoms with Gasteiger partial charge < -0.3 is 24.1 Å². The Labute approximate surface area is 455 Å². The molecule has 1 N–H and O–H groups in total. The van der Waals surface area contributed by atoms with E-state index in [1.54, 1.807) is 11.1 Å². The number of aryl methyl sites for hydroxylation is 2. The van der Waals surface area contributed by atoms with Crippen LogP contribution in [0.2, 0.25) is 0 Å². The van der Waals surface area contributed by atoms with Crippen molar-refractivity contribution in [1.82, 2.24) is 0 Å². The van der Waals surface area contributed by atoms with Gasteiger partial charge in [0.15, 0.2) is 0 Å². The lowest BCUT2D eigenvalue weighted by Crippen LogP contribution is -2.56. The Hall–Kier alpha value is -5.98. The van der Waals surface area contributed by atoms with Crippen LogP contribution in [0.5, 0.6) is 11.5 Å². The Morgan fingerprint density at radius 2 is 1.07 bits per heavy atom. The van der Waals surface area contributed by atoms with Crippen molar-refractivity contribution in [2.75, 3.05) is 0 Å². The molecule has 6 aromatic rings. The van der Waals surface area contributed by atoms with Crippen molar-refractivity contribution in [3.05, 3.63) is 233 Å². The summed E-state index contributed by atoms with van der Waals surface area (Å²) >= 11 is 0. The largest absolute Gasteiger partial charge is 0.489 e. The second-order valence-corrected chi connectivity index (χ2v) is 23.5. The summed E-state index contributed by atoms with van der Waals surface area (Å²) in [7, 11) is 0. The normalized spacial score (nSPS) is 28.6. The van der Waals surface area contributed by atoms with Crippen LogP contribution in [0, 0.1) is 34.5 Å². The van der Waals surface area contributed by atoms with Crippen molar-refractivity contribution in [2.45, 2.75) is 148 Å². The molecule has 3 fully saturated rings. The van der Waals surface area contributed by atoms with Gasteiger partial charge in [-0.05, 0) is 180 Å². The fourth-order valence-corrected chi connectivity index (χ4v) is 15.7. The lowest BCUT2D eigenvalue weighted by atomic mass is 9.49. The van der Waals surface area contributed by atoms with Crippen molar-refractivity contribution in [1.29, 1.82) is 0 Å². The molecule has 5 heteroatoms. The van der Waals surface area contributed by atoms with Crippen molar-refractivity contribution < 1.29 is 24.1 Å². The monoisotopic (exact) mass is 1010 g/mol. The molecule has 0 radical (unpaired) electrons. The van der Waals surface area contributed by atoms with E-state index >= 15 is 0 Å². The SMILES string of the molecule is C.C=CCC1=C2c3ccc(OCc4ccccc4)cc3CCC2C2CC[C@H](OCc3ccccc3)[C@@]2(C)C1.C=CC[C@]1(O)C[C@@]2(C)C(CC[C@@H]2OCc2ccccc2)C2CCc3cc(OCc4ccccc4)ccc3C21. The molecule has 3 saturated carbocycles. The minimum Gasteiger partial charge on any atom is -0.489 e. The zero-order valence-corrected chi connectivity index (χ0v) is 44.5. The predicted molar refractivity (Wildman–Crippen MR) is 310 cm³/mol. The smallest absolute Gasteiger partial charge is 0.120 e. The van der Waals surface area contributed by atoms with Gasteiger partial charge in [-0.2, -0.15) is 0 Å². The molecule has 5 unspecified atom stereocenters. The average molecular weight is 1020 g/mol. The van der Waals surface area contributed by atoms with Crippen molar-refractivity contribution >= 4 is 5.57 Å². The molecule has 5 nitrogen and oxygen atoms in total. The van der Waals surface area contributed by atoms with E-state index in [-0.39, 0.29) is 30.3 Å². The summed E-state index contributed by atoms with van der Waals surface area (Å²) in [6.45, 7) is 15.6. The molecular weight excluding hydrogens is 933 g/mol. The van der Waals surface area contributed by atoms with Gasteiger partial charge in [-0.1, -0.05) is 172 Å². The molecular formula is C71H82O5. The molecule has 0 bridgehead atoms. The molecule has 12 rings (SSSR count). The van der Waals surface area contributed by atoms with Gasteiger partial charge >= 0.3 is 0 Å². The highest BCUT2D eigenvalue weighted by molar-refractivity contribution is 5.77. The maximum atomic E-state index is 12.4. The number of fused-ring (bicyclic) bond motifs is 10. The zero-order valence-electron chi connectivity index (χ0n) is 44.5. The maximum Gasteiger partial charge on any atom is 0.120 e. The van der Waals surface area contributed by atoms with E-state index in [1.807, 2.05) is 36.4 Å². The van der Waals surface area contributed by atoms with Gasteiger partial charge in [-0.25, -0.2) is 0 Å². The molecule has 0 spiro atoms. The summed E-state index contributed by atoms with van der Waals surface area (Å²) in [4.78, 5) is 0. The summed E-state index contributed by atoms with van der Waals surface area (Å²) < 4.78 is 25.6. The minimum atomic E-state index is -0.821. The fraction of sp³-hybridized carbons (Fsp3) is 0.408. The summed E-state index contributed by atoms with van der Waals surface area (Å²) in [5.41, 5.74) is 12.9. The minimum absolute atomic E-state index is 0. The molecule has 6 aliphatic rings. The van der Waals surface area contributed by atoms with Crippen LogP contribution >= 0.6 is 0 Å². The van der Waals surface area contributed by atoms with Crippen molar-refractivity contribution in [3.8, 4) is 11.5 Å². The van der Waals surface area contributed by atoms with Crippen LogP contribution in [-0.2, 0) is 48.7 Å². The molecule has 0 aromatic heterocycles. The zero-order chi connectivity index (χ0) is 51.4. The van der Waals surface area contributed by atoms with E-state index in [1.165, 1.54) is 63.8 Å². The van der Waals surface area contributed by atoms with Gasteiger partial charge in [0.1, 0.15) is 24.7 Å². The van der Waals surface area contributed by atoms with Gasteiger partial charge in [0.05, 0.1) is 31.0 Å². The van der Waals surface area contributed by atoms with Gasteiger partial charge in [0.2, 0.25) is 0 Å². The molecule has 10 atom stereocenters. The fourth-order valence-electron chi connectivity index (χ4n) is 15.7. The van der Waals surface area contributed by atoms with E-state index in [0.29, 0.717) is 62.6 Å². The number of hydrogen-bond acceptors (Lipinski definition) is 5. The quantitative estimate of drug-likeness (QED) is 0.0979. The van der Waals surface area contributed by atoms with Crippen LogP contribution in [0.1, 0.15) is 136 Å². The summed E-state index contributed by atoms with van der Waals surface area (Å²) in [6.07, 6.45) is 17.1. The first kappa shape index (κ1) is 53.4. The van der Waals surface area contributed by atoms with Crippen LogP contribution in [0.25, 0.3) is 5.57 Å². The summed E-state index contributed by atoms with van der Waals surface area (Å²) in [6, 6.07) is 55.2. The Morgan fingerprint density at radius 3 is 1.63 bits per heavy atom. The van der Waals surface area contributed by atoms with E-state index in [9.17, 15) is 5.11 Å². The second-order valence-electron chi connectivity index (χ2n) is 23.5. The van der Waals surface area contributed by atoms with E-state index in [4.69, 9.17) is 18.9 Å². The molecule has 0 saturated heterocycles. The molecule has 396 valence electrons. The molecule has 6 aliphatic carbocycles.